The van der Waals surface area contributed by atoms with Gasteiger partial charge in [0.1, 0.15) is 0 Å². The predicted octanol–water partition coefficient (Wildman–Crippen LogP) is 4.75. The van der Waals surface area contributed by atoms with Gasteiger partial charge in [-0.3, -0.25) is 4.79 Å². The van der Waals surface area contributed by atoms with Crippen molar-refractivity contribution in [2.75, 3.05) is 6.54 Å². The smallest absolute Gasteiger partial charge is 0.311 e. The molecule has 0 spiro atoms. The zero-order chi connectivity index (χ0) is 21.8. The number of aryl methyl sites for hydroxylation is 1. The van der Waals surface area contributed by atoms with Gasteiger partial charge in [0.15, 0.2) is 0 Å². The van der Waals surface area contributed by atoms with Crippen molar-refractivity contribution in [3.63, 3.8) is 0 Å². The van der Waals surface area contributed by atoms with Crippen LogP contribution in [0.1, 0.15) is 61.0 Å². The van der Waals surface area contributed by atoms with Gasteiger partial charge in [0.25, 0.3) is 5.91 Å². The largest absolute Gasteiger partial charge is 0.346 e. The first kappa shape index (κ1) is 21.0. The van der Waals surface area contributed by atoms with Crippen LogP contribution in [0.25, 0.3) is 10.9 Å². The molecular formula is C23H28ClN3O3S. The SMILES string of the molecule is Cc1c(C(=O)NC23CC4CC(CC(C4)C2)C3)c2cccc(Cl)c2n1CCCN=S(=O)=O. The van der Waals surface area contributed by atoms with E-state index < -0.39 is 10.5 Å². The van der Waals surface area contributed by atoms with Crippen LogP contribution >= 0.6 is 11.6 Å². The quantitative estimate of drug-likeness (QED) is 0.630. The maximum Gasteiger partial charge on any atom is 0.311 e. The summed E-state index contributed by atoms with van der Waals surface area (Å²) in [5.74, 6) is 2.28. The number of rotatable bonds is 6. The van der Waals surface area contributed by atoms with Crippen molar-refractivity contribution in [2.45, 2.75) is 64.0 Å². The summed E-state index contributed by atoms with van der Waals surface area (Å²) in [4.78, 5) is 13.6. The summed E-state index contributed by atoms with van der Waals surface area (Å²) in [5.41, 5.74) is 2.34. The number of fused-ring (bicyclic) bond motifs is 1. The van der Waals surface area contributed by atoms with Crippen molar-refractivity contribution >= 4 is 38.9 Å². The molecule has 0 saturated heterocycles. The predicted molar refractivity (Wildman–Crippen MR) is 121 cm³/mol. The molecule has 0 unspecified atom stereocenters. The molecule has 1 heterocycles. The van der Waals surface area contributed by atoms with Crippen molar-refractivity contribution in [3.8, 4) is 0 Å². The van der Waals surface area contributed by atoms with E-state index in [-0.39, 0.29) is 18.0 Å². The van der Waals surface area contributed by atoms with Gasteiger partial charge in [0, 0.05) is 23.2 Å². The number of halogens is 1. The summed E-state index contributed by atoms with van der Waals surface area (Å²) in [5, 5.41) is 4.95. The monoisotopic (exact) mass is 461 g/mol. The maximum atomic E-state index is 13.6. The number of hydrogen-bond acceptors (Lipinski definition) is 4. The minimum Gasteiger partial charge on any atom is -0.346 e. The van der Waals surface area contributed by atoms with Gasteiger partial charge in [-0.15, -0.1) is 0 Å². The standard InChI is InChI=1S/C23H28ClN3O3S/c1-14-20(22(28)26-23-11-15-8-16(12-23)10-17(9-15)13-23)18-4-2-5-19(24)21(18)27(14)7-3-6-25-31(29)30/h2,4-5,15-17H,3,6-13H2,1H3,(H,26,28). The Hall–Kier alpha value is -1.86. The van der Waals surface area contributed by atoms with Gasteiger partial charge in [0.05, 0.1) is 22.6 Å². The summed E-state index contributed by atoms with van der Waals surface area (Å²) in [7, 11) is -2.39. The molecule has 4 aliphatic carbocycles. The number of aromatic nitrogens is 1. The van der Waals surface area contributed by atoms with E-state index in [9.17, 15) is 13.2 Å². The molecule has 6 rings (SSSR count). The second kappa shape index (κ2) is 7.93. The molecule has 0 atom stereocenters. The second-order valence-electron chi connectivity index (χ2n) is 9.82. The van der Waals surface area contributed by atoms with E-state index in [1.165, 1.54) is 19.3 Å². The lowest BCUT2D eigenvalue weighted by Crippen LogP contribution is -2.59. The van der Waals surface area contributed by atoms with Gasteiger partial charge in [0.2, 0.25) is 0 Å². The van der Waals surface area contributed by atoms with E-state index in [4.69, 9.17) is 11.6 Å². The van der Waals surface area contributed by atoms with Gasteiger partial charge in [-0.1, -0.05) is 23.7 Å². The van der Waals surface area contributed by atoms with Crippen molar-refractivity contribution in [1.82, 2.24) is 9.88 Å². The molecule has 2 aromatic rings. The third-order valence-electron chi connectivity index (χ3n) is 7.67. The van der Waals surface area contributed by atoms with E-state index in [0.717, 1.165) is 53.6 Å². The molecule has 0 aliphatic heterocycles. The van der Waals surface area contributed by atoms with E-state index in [1.807, 2.05) is 29.7 Å². The van der Waals surface area contributed by atoms with E-state index in [1.54, 1.807) is 0 Å². The van der Waals surface area contributed by atoms with Crippen molar-refractivity contribution in [1.29, 1.82) is 0 Å². The van der Waals surface area contributed by atoms with Crippen LogP contribution in [0.4, 0.5) is 0 Å². The van der Waals surface area contributed by atoms with E-state index in [2.05, 4.69) is 9.68 Å². The number of amides is 1. The first-order valence-electron chi connectivity index (χ1n) is 11.2. The van der Waals surface area contributed by atoms with Crippen LogP contribution in [0.3, 0.4) is 0 Å². The topological polar surface area (TPSA) is 80.5 Å². The first-order chi connectivity index (χ1) is 14.8. The third-order valence-corrected chi connectivity index (χ3v) is 8.37. The van der Waals surface area contributed by atoms with Crippen LogP contribution in [-0.4, -0.2) is 31.0 Å². The minimum atomic E-state index is -2.39. The maximum absolute atomic E-state index is 13.6. The van der Waals surface area contributed by atoms with Crippen LogP contribution in [0.15, 0.2) is 22.6 Å². The summed E-state index contributed by atoms with van der Waals surface area (Å²) in [6.45, 7) is 2.72. The van der Waals surface area contributed by atoms with Crippen LogP contribution in [0.2, 0.25) is 5.02 Å². The van der Waals surface area contributed by atoms with Crippen LogP contribution in [0.5, 0.6) is 0 Å². The Kier molecular flexibility index (Phi) is 5.37. The second-order valence-corrected chi connectivity index (χ2v) is 10.9. The van der Waals surface area contributed by atoms with E-state index >= 15 is 0 Å². The number of benzene rings is 1. The molecule has 4 fully saturated rings. The fraction of sp³-hybridized carbons (Fsp3) is 0.609. The first-order valence-corrected chi connectivity index (χ1v) is 12.6. The zero-order valence-corrected chi connectivity index (χ0v) is 19.3. The molecule has 1 N–H and O–H groups in total. The fourth-order valence-corrected chi connectivity index (χ4v) is 7.54. The average molecular weight is 462 g/mol. The summed E-state index contributed by atoms with van der Waals surface area (Å²) in [6, 6.07) is 5.67. The molecule has 8 heteroatoms. The highest BCUT2D eigenvalue weighted by Crippen LogP contribution is 2.55. The molecule has 1 amide bonds. The number of carbonyl (C=O) groups excluding carboxylic acids is 1. The molecule has 4 bridgehead atoms. The Morgan fingerprint density at radius 2 is 1.84 bits per heavy atom. The lowest BCUT2D eigenvalue weighted by molar-refractivity contribution is -0.0166. The number of carbonyl (C=O) groups is 1. The molecule has 4 aliphatic rings. The highest BCUT2D eigenvalue weighted by molar-refractivity contribution is 7.61. The summed E-state index contributed by atoms with van der Waals surface area (Å²) < 4.78 is 26.9. The normalized spacial score (nSPS) is 28.8. The fourth-order valence-electron chi connectivity index (χ4n) is 6.99. The Labute approximate surface area is 189 Å². The molecule has 166 valence electrons. The number of para-hydroxylation sites is 1. The Balaban J connectivity index is 1.47. The highest BCUT2D eigenvalue weighted by Gasteiger charge is 2.51. The molecule has 6 nitrogen and oxygen atoms in total. The van der Waals surface area contributed by atoms with Gasteiger partial charge in [-0.2, -0.15) is 12.8 Å². The average Bonchev–Trinajstić information content (AvgIpc) is 2.96. The Bertz CT molecular complexity index is 1140. The molecular weight excluding hydrogens is 434 g/mol. The summed E-state index contributed by atoms with van der Waals surface area (Å²) in [6.07, 6.45) is 7.89. The van der Waals surface area contributed by atoms with Gasteiger partial charge >= 0.3 is 10.5 Å². The van der Waals surface area contributed by atoms with Crippen molar-refractivity contribution in [2.24, 2.45) is 22.1 Å². The number of nitrogens with zero attached hydrogens (tertiary/aromatic N) is 2. The van der Waals surface area contributed by atoms with E-state index in [0.29, 0.717) is 23.6 Å². The van der Waals surface area contributed by atoms with Crippen LogP contribution in [-0.2, 0) is 17.0 Å². The Morgan fingerprint density at radius 3 is 2.45 bits per heavy atom. The molecule has 0 radical (unpaired) electrons. The molecule has 31 heavy (non-hydrogen) atoms. The van der Waals surface area contributed by atoms with Gasteiger partial charge < -0.3 is 9.88 Å². The lowest BCUT2D eigenvalue weighted by atomic mass is 9.53. The molecule has 1 aromatic heterocycles. The van der Waals surface area contributed by atoms with Gasteiger partial charge in [-0.25, -0.2) is 0 Å². The molecule has 1 aromatic carbocycles. The van der Waals surface area contributed by atoms with Gasteiger partial charge in [-0.05, 0) is 75.7 Å². The van der Waals surface area contributed by atoms with Crippen LogP contribution < -0.4 is 5.32 Å². The van der Waals surface area contributed by atoms with Crippen molar-refractivity contribution in [3.05, 3.63) is 34.5 Å². The Morgan fingerprint density at radius 1 is 1.19 bits per heavy atom. The number of nitrogens with one attached hydrogen (secondary N) is 1. The van der Waals surface area contributed by atoms with Crippen molar-refractivity contribution < 1.29 is 13.2 Å². The lowest BCUT2D eigenvalue weighted by Gasteiger charge is -2.56. The molecule has 4 saturated carbocycles. The minimum absolute atomic E-state index is 0.00387. The number of hydrogen-bond donors (Lipinski definition) is 1. The third kappa shape index (κ3) is 3.80. The highest BCUT2D eigenvalue weighted by atomic mass is 35.5. The zero-order valence-electron chi connectivity index (χ0n) is 17.7. The van der Waals surface area contributed by atoms with Crippen LogP contribution in [0, 0.1) is 24.7 Å². The summed E-state index contributed by atoms with van der Waals surface area (Å²) >= 11 is 6.54.